The number of carbonyl (C=O) groups excluding carboxylic acids is 1. The van der Waals surface area contributed by atoms with Gasteiger partial charge >= 0.3 is 5.97 Å². The van der Waals surface area contributed by atoms with Gasteiger partial charge in [-0.05, 0) is 20.8 Å². The maximum absolute atomic E-state index is 11.7. The van der Waals surface area contributed by atoms with E-state index >= 15 is 0 Å². The van der Waals surface area contributed by atoms with Gasteiger partial charge in [-0.1, -0.05) is 20.8 Å². The summed E-state index contributed by atoms with van der Waals surface area (Å²) in [6.07, 6.45) is 1.73. The maximum Gasteiger partial charge on any atom is 0.325 e. The van der Waals surface area contributed by atoms with E-state index in [4.69, 9.17) is 9.15 Å². The molecule has 1 aromatic heterocycles. The largest absolute Gasteiger partial charge is 0.459 e. The number of oxazole rings is 1. The molecule has 0 aliphatic carbocycles. The number of nitrogens with one attached hydrogen (secondary N) is 2. The summed E-state index contributed by atoms with van der Waals surface area (Å²) in [5.74, 6) is 1.53. The molecule has 1 heterocycles. The molecular formula is C16H29IN4O3. The Kier molecular flexibility index (Phi) is 8.73. The first-order chi connectivity index (χ1) is 10.5. The Balaban J connectivity index is 0.00000529. The Morgan fingerprint density at radius 1 is 1.25 bits per heavy atom. The molecule has 1 aromatic rings. The van der Waals surface area contributed by atoms with Gasteiger partial charge in [0.25, 0.3) is 0 Å². The zero-order valence-corrected chi connectivity index (χ0v) is 17.8. The van der Waals surface area contributed by atoms with Crippen LogP contribution in [0.25, 0.3) is 0 Å². The van der Waals surface area contributed by atoms with Gasteiger partial charge in [0.1, 0.15) is 17.9 Å². The molecular weight excluding hydrogens is 423 g/mol. The van der Waals surface area contributed by atoms with Gasteiger partial charge in [-0.15, -0.1) is 24.0 Å². The number of aliphatic imine (C=N–C) groups is 1. The topological polar surface area (TPSA) is 88.8 Å². The summed E-state index contributed by atoms with van der Waals surface area (Å²) in [4.78, 5) is 19.9. The number of ether oxygens (including phenoxy) is 1. The van der Waals surface area contributed by atoms with Crippen LogP contribution in [0.2, 0.25) is 0 Å². The lowest BCUT2D eigenvalue weighted by Gasteiger charge is -2.20. The molecule has 2 N–H and O–H groups in total. The Hall–Kier alpha value is -1.32. The molecule has 0 aromatic carbocycles. The number of rotatable bonds is 4. The van der Waals surface area contributed by atoms with Gasteiger partial charge < -0.3 is 19.8 Å². The number of aromatic nitrogens is 1. The summed E-state index contributed by atoms with van der Waals surface area (Å²) in [7, 11) is 1.63. The van der Waals surface area contributed by atoms with Crippen LogP contribution in [0.3, 0.4) is 0 Å². The zero-order chi connectivity index (χ0) is 17.7. The number of halogens is 1. The van der Waals surface area contributed by atoms with E-state index in [9.17, 15) is 4.79 Å². The quantitative estimate of drug-likeness (QED) is 0.316. The molecule has 0 bridgehead atoms. The molecule has 0 spiro atoms. The van der Waals surface area contributed by atoms with Crippen LogP contribution < -0.4 is 10.6 Å². The van der Waals surface area contributed by atoms with E-state index in [0.717, 1.165) is 5.76 Å². The van der Waals surface area contributed by atoms with Gasteiger partial charge in [0.15, 0.2) is 5.96 Å². The number of carbonyl (C=O) groups is 1. The summed E-state index contributed by atoms with van der Waals surface area (Å²) in [6, 6.07) is 0. The SMILES string of the molecule is CN=C(NCC(=O)OC(C)(C)C)NCc1ncc(C(C)(C)C)o1.I. The Morgan fingerprint density at radius 2 is 1.88 bits per heavy atom. The molecule has 0 unspecified atom stereocenters. The van der Waals surface area contributed by atoms with Crippen molar-refractivity contribution in [1.82, 2.24) is 15.6 Å². The van der Waals surface area contributed by atoms with Crippen molar-refractivity contribution in [3.8, 4) is 0 Å². The average Bonchev–Trinajstić information content (AvgIpc) is 2.85. The van der Waals surface area contributed by atoms with Crippen LogP contribution in [-0.2, 0) is 21.5 Å². The van der Waals surface area contributed by atoms with Crippen LogP contribution in [0.15, 0.2) is 15.6 Å². The van der Waals surface area contributed by atoms with E-state index in [-0.39, 0.29) is 41.9 Å². The predicted octanol–water partition coefficient (Wildman–Crippen LogP) is 2.60. The first kappa shape index (κ1) is 22.7. The maximum atomic E-state index is 11.7. The third-order valence-electron chi connectivity index (χ3n) is 2.74. The van der Waals surface area contributed by atoms with Gasteiger partial charge in [-0.2, -0.15) is 0 Å². The van der Waals surface area contributed by atoms with E-state index < -0.39 is 5.60 Å². The highest BCUT2D eigenvalue weighted by atomic mass is 127. The van der Waals surface area contributed by atoms with Crippen molar-refractivity contribution >= 4 is 35.9 Å². The average molecular weight is 452 g/mol. The molecule has 0 amide bonds. The van der Waals surface area contributed by atoms with Crippen molar-refractivity contribution < 1.29 is 13.9 Å². The zero-order valence-electron chi connectivity index (χ0n) is 15.5. The van der Waals surface area contributed by atoms with E-state index in [2.05, 4.69) is 41.4 Å². The summed E-state index contributed by atoms with van der Waals surface area (Å²) < 4.78 is 10.9. The van der Waals surface area contributed by atoms with Crippen molar-refractivity contribution in [2.24, 2.45) is 4.99 Å². The van der Waals surface area contributed by atoms with Gasteiger partial charge in [-0.25, -0.2) is 4.98 Å². The molecule has 7 nitrogen and oxygen atoms in total. The molecule has 8 heteroatoms. The lowest BCUT2D eigenvalue weighted by atomic mass is 9.94. The Labute approximate surface area is 161 Å². The molecule has 0 fully saturated rings. The molecule has 0 radical (unpaired) electrons. The van der Waals surface area contributed by atoms with E-state index in [1.54, 1.807) is 13.2 Å². The third-order valence-corrected chi connectivity index (χ3v) is 2.74. The smallest absolute Gasteiger partial charge is 0.325 e. The molecule has 1 rings (SSSR count). The molecule has 0 aliphatic rings. The second kappa shape index (κ2) is 9.24. The van der Waals surface area contributed by atoms with Crippen LogP contribution in [0.4, 0.5) is 0 Å². The van der Waals surface area contributed by atoms with Crippen molar-refractivity contribution in [3.63, 3.8) is 0 Å². The Morgan fingerprint density at radius 3 is 2.33 bits per heavy atom. The monoisotopic (exact) mass is 452 g/mol. The van der Waals surface area contributed by atoms with Crippen molar-refractivity contribution in [1.29, 1.82) is 0 Å². The molecule has 138 valence electrons. The van der Waals surface area contributed by atoms with Crippen LogP contribution in [0, 0.1) is 0 Å². The van der Waals surface area contributed by atoms with Crippen LogP contribution in [0.1, 0.15) is 53.2 Å². The summed E-state index contributed by atoms with van der Waals surface area (Å²) >= 11 is 0. The molecule has 0 atom stereocenters. The third kappa shape index (κ3) is 8.51. The van der Waals surface area contributed by atoms with Crippen molar-refractivity contribution in [2.75, 3.05) is 13.6 Å². The highest BCUT2D eigenvalue weighted by molar-refractivity contribution is 14.0. The van der Waals surface area contributed by atoms with Crippen LogP contribution >= 0.6 is 24.0 Å². The summed E-state index contributed by atoms with van der Waals surface area (Å²) in [5, 5.41) is 5.94. The molecule has 24 heavy (non-hydrogen) atoms. The van der Waals surface area contributed by atoms with Crippen molar-refractivity contribution in [3.05, 3.63) is 17.8 Å². The number of guanidine groups is 1. The minimum atomic E-state index is -0.503. The van der Waals surface area contributed by atoms with Gasteiger partial charge in [0.05, 0.1) is 12.7 Å². The second-order valence-corrected chi connectivity index (χ2v) is 7.23. The fraction of sp³-hybridized carbons (Fsp3) is 0.688. The minimum absolute atomic E-state index is 0. The standard InChI is InChI=1S/C16H28N4O3.HI/c1-15(2,3)11-8-18-12(22-11)9-19-14(17-7)20-10-13(21)23-16(4,5)6;/h8H,9-10H2,1-7H3,(H2,17,19,20);1H. The number of nitrogens with zero attached hydrogens (tertiary/aromatic N) is 2. The normalized spacial score (nSPS) is 12.4. The minimum Gasteiger partial charge on any atom is -0.459 e. The lowest BCUT2D eigenvalue weighted by Crippen LogP contribution is -2.41. The number of hydrogen-bond donors (Lipinski definition) is 2. The number of esters is 1. The van der Waals surface area contributed by atoms with Gasteiger partial charge in [-0.3, -0.25) is 9.79 Å². The first-order valence-electron chi connectivity index (χ1n) is 7.63. The molecule has 0 saturated carbocycles. The Bertz CT molecular complexity index is 556. The van der Waals surface area contributed by atoms with Crippen molar-refractivity contribution in [2.45, 2.75) is 59.1 Å². The van der Waals surface area contributed by atoms with E-state index in [0.29, 0.717) is 18.4 Å². The fourth-order valence-electron chi connectivity index (χ4n) is 1.65. The first-order valence-corrected chi connectivity index (χ1v) is 7.63. The fourth-order valence-corrected chi connectivity index (χ4v) is 1.65. The highest BCUT2D eigenvalue weighted by Crippen LogP contribution is 2.22. The molecule has 0 saturated heterocycles. The lowest BCUT2D eigenvalue weighted by molar-refractivity contribution is -0.153. The number of hydrogen-bond acceptors (Lipinski definition) is 5. The van der Waals surface area contributed by atoms with Crippen LogP contribution in [-0.4, -0.2) is 36.1 Å². The highest BCUT2D eigenvalue weighted by Gasteiger charge is 2.19. The van der Waals surface area contributed by atoms with Gasteiger partial charge in [0.2, 0.25) is 5.89 Å². The van der Waals surface area contributed by atoms with E-state index in [1.807, 2.05) is 20.8 Å². The summed E-state index contributed by atoms with van der Waals surface area (Å²) in [5.41, 5.74) is -0.584. The molecule has 0 aliphatic heterocycles. The second-order valence-electron chi connectivity index (χ2n) is 7.23. The van der Waals surface area contributed by atoms with Gasteiger partial charge in [0, 0.05) is 12.5 Å². The van der Waals surface area contributed by atoms with E-state index in [1.165, 1.54) is 0 Å². The van der Waals surface area contributed by atoms with Crippen LogP contribution in [0.5, 0.6) is 0 Å². The summed E-state index contributed by atoms with van der Waals surface area (Å²) in [6.45, 7) is 12.1. The predicted molar refractivity (Wildman–Crippen MR) is 105 cm³/mol.